The number of rotatable bonds is 5. The highest BCUT2D eigenvalue weighted by Crippen LogP contribution is 2.44. The maximum absolute atomic E-state index is 12.6. The largest absolute Gasteiger partial charge is 0.493 e. The molecular formula is C22H32F3NO4. The van der Waals surface area contributed by atoms with Crippen molar-refractivity contribution in [1.82, 2.24) is 4.90 Å². The lowest BCUT2D eigenvalue weighted by molar-refractivity contribution is -0.210. The molecule has 1 aromatic rings. The molecule has 0 radical (unpaired) electrons. The van der Waals surface area contributed by atoms with Crippen molar-refractivity contribution in [1.29, 1.82) is 0 Å². The van der Waals surface area contributed by atoms with Crippen molar-refractivity contribution in [2.45, 2.75) is 64.5 Å². The standard InChI is InChI=1S/C22H32F3NO4/c1-21(2,3)10-14-11-26-6-5-13-7-19(30-12-20(28)22(23,24)25)18(29-4)8-15(13)16(26)9-17(14)27/h7-8,14,16-17,20,27-28H,5-6,9-12H2,1-4H3/t14-,16-,17-,20+/m1/s1. The van der Waals surface area contributed by atoms with E-state index < -0.39 is 25.0 Å². The van der Waals surface area contributed by atoms with E-state index in [9.17, 15) is 23.4 Å². The summed E-state index contributed by atoms with van der Waals surface area (Å²) in [5.41, 5.74) is 2.15. The van der Waals surface area contributed by atoms with Gasteiger partial charge < -0.3 is 19.7 Å². The molecule has 0 aliphatic carbocycles. The van der Waals surface area contributed by atoms with Crippen molar-refractivity contribution >= 4 is 0 Å². The number of piperidine rings is 1. The zero-order valence-electron chi connectivity index (χ0n) is 18.0. The van der Waals surface area contributed by atoms with Crippen LogP contribution in [0.3, 0.4) is 0 Å². The Morgan fingerprint density at radius 2 is 1.90 bits per heavy atom. The first-order valence-electron chi connectivity index (χ1n) is 10.4. The summed E-state index contributed by atoms with van der Waals surface area (Å²) in [6, 6.07) is 3.56. The van der Waals surface area contributed by atoms with Gasteiger partial charge in [-0.05, 0) is 53.9 Å². The summed E-state index contributed by atoms with van der Waals surface area (Å²) in [5.74, 6) is 0.738. The molecule has 0 aromatic heterocycles. The molecule has 0 amide bonds. The first-order chi connectivity index (χ1) is 13.9. The molecule has 1 saturated heterocycles. The molecule has 2 N–H and O–H groups in total. The second-order valence-corrected chi connectivity index (χ2v) is 9.66. The van der Waals surface area contributed by atoms with Gasteiger partial charge in [-0.2, -0.15) is 13.2 Å². The normalized spacial score (nSPS) is 26.0. The summed E-state index contributed by atoms with van der Waals surface area (Å²) in [6.07, 6.45) is -5.38. The Balaban J connectivity index is 1.79. The third-order valence-electron chi connectivity index (χ3n) is 6.02. The Labute approximate surface area is 175 Å². The van der Waals surface area contributed by atoms with Gasteiger partial charge in [0.15, 0.2) is 17.6 Å². The molecule has 5 nitrogen and oxygen atoms in total. The molecule has 0 unspecified atom stereocenters. The van der Waals surface area contributed by atoms with E-state index in [4.69, 9.17) is 9.47 Å². The van der Waals surface area contributed by atoms with Gasteiger partial charge in [-0.15, -0.1) is 0 Å². The predicted octanol–water partition coefficient (Wildman–Crippen LogP) is 3.71. The van der Waals surface area contributed by atoms with Gasteiger partial charge in [0.1, 0.15) is 6.61 Å². The molecular weight excluding hydrogens is 399 g/mol. The lowest BCUT2D eigenvalue weighted by Crippen LogP contribution is -2.48. The summed E-state index contributed by atoms with van der Waals surface area (Å²) in [7, 11) is 1.43. The number of aliphatic hydroxyl groups excluding tert-OH is 2. The third kappa shape index (κ3) is 5.21. The number of benzene rings is 1. The average molecular weight is 431 g/mol. The van der Waals surface area contributed by atoms with Crippen LogP contribution in [0.15, 0.2) is 12.1 Å². The summed E-state index contributed by atoms with van der Waals surface area (Å²) in [6.45, 7) is 7.29. The number of ether oxygens (including phenoxy) is 2. The van der Waals surface area contributed by atoms with E-state index in [1.807, 2.05) is 0 Å². The van der Waals surface area contributed by atoms with Gasteiger partial charge in [0.25, 0.3) is 0 Å². The molecule has 170 valence electrons. The number of alkyl halides is 3. The van der Waals surface area contributed by atoms with Crippen LogP contribution in [-0.2, 0) is 6.42 Å². The Hall–Kier alpha value is -1.51. The molecule has 30 heavy (non-hydrogen) atoms. The monoisotopic (exact) mass is 431 g/mol. The lowest BCUT2D eigenvalue weighted by Gasteiger charge is -2.47. The van der Waals surface area contributed by atoms with E-state index in [2.05, 4.69) is 25.7 Å². The molecule has 1 fully saturated rings. The van der Waals surface area contributed by atoms with Crippen molar-refractivity contribution in [2.24, 2.45) is 11.3 Å². The molecule has 1 aromatic carbocycles. The molecule has 2 aliphatic rings. The molecule has 8 heteroatoms. The minimum atomic E-state index is -4.73. The van der Waals surface area contributed by atoms with Crippen molar-refractivity contribution in [3.05, 3.63) is 23.3 Å². The van der Waals surface area contributed by atoms with Crippen molar-refractivity contribution in [2.75, 3.05) is 26.8 Å². The van der Waals surface area contributed by atoms with Crippen molar-refractivity contribution in [3.8, 4) is 11.5 Å². The number of methoxy groups -OCH3 is 1. The highest BCUT2D eigenvalue weighted by atomic mass is 19.4. The molecule has 2 aliphatic heterocycles. The van der Waals surface area contributed by atoms with Gasteiger partial charge in [-0.3, -0.25) is 4.90 Å². The minimum Gasteiger partial charge on any atom is -0.493 e. The van der Waals surface area contributed by atoms with Crippen molar-refractivity contribution < 1.29 is 32.9 Å². The van der Waals surface area contributed by atoms with E-state index in [0.29, 0.717) is 12.2 Å². The average Bonchev–Trinajstić information content (AvgIpc) is 2.64. The Morgan fingerprint density at radius 3 is 2.50 bits per heavy atom. The van der Waals surface area contributed by atoms with Crippen LogP contribution in [0, 0.1) is 11.3 Å². The summed E-state index contributed by atoms with van der Waals surface area (Å²) < 4.78 is 48.3. The number of hydrogen-bond donors (Lipinski definition) is 2. The van der Waals surface area contributed by atoms with Gasteiger partial charge in [0, 0.05) is 19.1 Å². The highest BCUT2D eigenvalue weighted by molar-refractivity contribution is 5.49. The second-order valence-electron chi connectivity index (χ2n) is 9.66. The van der Waals surface area contributed by atoms with E-state index in [0.717, 1.165) is 37.1 Å². The van der Waals surface area contributed by atoms with Gasteiger partial charge in [-0.25, -0.2) is 0 Å². The Bertz CT molecular complexity index is 747. The van der Waals surface area contributed by atoms with E-state index in [1.165, 1.54) is 7.11 Å². The van der Waals surface area contributed by atoms with Gasteiger partial charge in [0.05, 0.1) is 13.2 Å². The van der Waals surface area contributed by atoms with Crippen LogP contribution in [0.5, 0.6) is 11.5 Å². The number of aliphatic hydroxyl groups is 2. The molecule has 3 rings (SSSR count). The number of nitrogens with zero attached hydrogens (tertiary/aromatic N) is 1. The first kappa shape index (κ1) is 23.2. The quantitative estimate of drug-likeness (QED) is 0.744. The topological polar surface area (TPSA) is 62.2 Å². The van der Waals surface area contributed by atoms with Crippen LogP contribution in [-0.4, -0.2) is 60.3 Å². The third-order valence-corrected chi connectivity index (χ3v) is 6.02. The predicted molar refractivity (Wildman–Crippen MR) is 107 cm³/mol. The summed E-state index contributed by atoms with van der Waals surface area (Å²) in [4.78, 5) is 2.39. The van der Waals surface area contributed by atoms with Crippen LogP contribution in [0.1, 0.15) is 50.8 Å². The zero-order valence-corrected chi connectivity index (χ0v) is 18.0. The fourth-order valence-corrected chi connectivity index (χ4v) is 4.62. The maximum Gasteiger partial charge on any atom is 0.417 e. The number of fused-ring (bicyclic) bond motifs is 3. The number of halogens is 3. The van der Waals surface area contributed by atoms with Crippen LogP contribution < -0.4 is 9.47 Å². The van der Waals surface area contributed by atoms with Crippen LogP contribution >= 0.6 is 0 Å². The van der Waals surface area contributed by atoms with Crippen LogP contribution in [0.25, 0.3) is 0 Å². The Morgan fingerprint density at radius 1 is 1.20 bits per heavy atom. The van der Waals surface area contributed by atoms with E-state index in [-0.39, 0.29) is 23.1 Å². The molecule has 2 heterocycles. The highest BCUT2D eigenvalue weighted by Gasteiger charge is 2.41. The fraction of sp³-hybridized carbons (Fsp3) is 0.727. The molecule has 4 atom stereocenters. The summed E-state index contributed by atoms with van der Waals surface area (Å²) >= 11 is 0. The van der Waals surface area contributed by atoms with Gasteiger partial charge in [-0.1, -0.05) is 20.8 Å². The van der Waals surface area contributed by atoms with Gasteiger partial charge in [0.2, 0.25) is 0 Å². The number of hydrogen-bond acceptors (Lipinski definition) is 5. The van der Waals surface area contributed by atoms with Gasteiger partial charge >= 0.3 is 6.18 Å². The second kappa shape index (κ2) is 8.55. The van der Waals surface area contributed by atoms with Crippen molar-refractivity contribution in [3.63, 3.8) is 0 Å². The molecule has 0 bridgehead atoms. The maximum atomic E-state index is 12.6. The zero-order chi connectivity index (χ0) is 22.3. The van der Waals surface area contributed by atoms with E-state index in [1.54, 1.807) is 12.1 Å². The van der Waals surface area contributed by atoms with Crippen LogP contribution in [0.2, 0.25) is 0 Å². The summed E-state index contributed by atoms with van der Waals surface area (Å²) in [5, 5.41) is 20.0. The fourth-order valence-electron chi connectivity index (χ4n) is 4.62. The molecule has 0 spiro atoms. The minimum absolute atomic E-state index is 0.0451. The lowest BCUT2D eigenvalue weighted by atomic mass is 9.75. The Kier molecular flexibility index (Phi) is 6.60. The SMILES string of the molecule is COc1cc2c(cc1OC[C@H](O)C(F)(F)F)CCN1C[C@@H](CC(C)(C)C)[C@H](O)C[C@H]21. The van der Waals surface area contributed by atoms with Crippen LogP contribution in [0.4, 0.5) is 13.2 Å². The first-order valence-corrected chi connectivity index (χ1v) is 10.4. The smallest absolute Gasteiger partial charge is 0.417 e. The van der Waals surface area contributed by atoms with E-state index >= 15 is 0 Å². The molecule has 0 saturated carbocycles.